The number of nitriles is 1. The molecule has 1 radical (unpaired) electrons. The van der Waals surface area contributed by atoms with Gasteiger partial charge in [-0.25, -0.2) is 4.79 Å². The zero-order valence-electron chi connectivity index (χ0n) is 3.38. The summed E-state index contributed by atoms with van der Waals surface area (Å²) in [6.07, 6.45) is 2.48. The van der Waals surface area contributed by atoms with E-state index >= 15 is 0 Å². The summed E-state index contributed by atoms with van der Waals surface area (Å²) in [4.78, 5) is 9.49. The van der Waals surface area contributed by atoms with Crippen molar-refractivity contribution in [3.63, 3.8) is 0 Å². The van der Waals surface area contributed by atoms with Gasteiger partial charge in [-0.2, -0.15) is 5.26 Å². The van der Waals surface area contributed by atoms with E-state index < -0.39 is 5.97 Å². The maximum Gasteiger partial charge on any atom is 0.329 e. The highest BCUT2D eigenvalue weighted by Crippen LogP contribution is 1.64. The second-order valence-electron chi connectivity index (χ2n) is 0.739. The number of hydrogen-bond donors (Lipinski definition) is 1. The van der Waals surface area contributed by atoms with Gasteiger partial charge in [-0.3, -0.25) is 0 Å². The van der Waals surface area contributed by atoms with Crippen molar-refractivity contribution in [3.8, 4) is 6.07 Å². The van der Waals surface area contributed by atoms with E-state index in [1.54, 1.807) is 0 Å². The Morgan fingerprint density at radius 1 is 1.86 bits per heavy atom. The molecule has 0 aromatic carbocycles. The van der Waals surface area contributed by atoms with Gasteiger partial charge in [0.15, 0.2) is 0 Å². The molecular formula is C4H2NO2. The van der Waals surface area contributed by atoms with Crippen molar-refractivity contribution in [2.75, 3.05) is 0 Å². The van der Waals surface area contributed by atoms with Crippen molar-refractivity contribution in [2.45, 2.75) is 0 Å². The first-order valence-corrected chi connectivity index (χ1v) is 1.48. The van der Waals surface area contributed by atoms with E-state index in [9.17, 15) is 4.79 Å². The van der Waals surface area contributed by atoms with Crippen LogP contribution in [0.5, 0.6) is 0 Å². The van der Waals surface area contributed by atoms with Crippen LogP contribution in [0.15, 0.2) is 6.08 Å². The fourth-order valence-corrected chi connectivity index (χ4v) is 0.0940. The Hall–Kier alpha value is -1.30. The highest BCUT2D eigenvalue weighted by atomic mass is 16.4. The van der Waals surface area contributed by atoms with Crippen molar-refractivity contribution < 1.29 is 9.90 Å². The predicted octanol–water partition coefficient (Wildman–Crippen LogP) is -0.0460. The lowest BCUT2D eigenvalue weighted by molar-refractivity contribution is -0.131. The molecule has 0 aliphatic rings. The normalized spacial score (nSPS) is 8.43. The Balaban J connectivity index is 3.53. The molecule has 0 rings (SSSR count). The van der Waals surface area contributed by atoms with E-state index in [1.807, 2.05) is 6.08 Å². The van der Waals surface area contributed by atoms with Crippen LogP contribution in [0.2, 0.25) is 0 Å². The molecule has 0 bridgehead atoms. The number of nitrogens with zero attached hydrogens (tertiary/aromatic N) is 1. The Morgan fingerprint density at radius 3 is 2.57 bits per heavy atom. The molecule has 7 heavy (non-hydrogen) atoms. The van der Waals surface area contributed by atoms with Gasteiger partial charge >= 0.3 is 5.97 Å². The molecule has 0 aromatic rings. The first kappa shape index (κ1) is 5.70. The van der Waals surface area contributed by atoms with Crippen molar-refractivity contribution in [2.24, 2.45) is 0 Å². The molecule has 0 amide bonds. The van der Waals surface area contributed by atoms with Crippen LogP contribution in [-0.4, -0.2) is 11.1 Å². The minimum absolute atomic E-state index is 0.653. The predicted molar refractivity (Wildman–Crippen MR) is 21.1 cm³/mol. The topological polar surface area (TPSA) is 61.1 Å². The van der Waals surface area contributed by atoms with Gasteiger partial charge in [0.05, 0.1) is 6.08 Å². The molecule has 0 unspecified atom stereocenters. The number of carbonyl (C=O) groups is 1. The van der Waals surface area contributed by atoms with E-state index in [4.69, 9.17) is 10.4 Å². The fourth-order valence-electron chi connectivity index (χ4n) is 0.0940. The molecule has 0 atom stereocenters. The second-order valence-corrected chi connectivity index (χ2v) is 0.739. The van der Waals surface area contributed by atoms with Gasteiger partial charge in [-0.05, 0) is 0 Å². The summed E-state index contributed by atoms with van der Waals surface area (Å²) in [5, 5.41) is 15.4. The van der Waals surface area contributed by atoms with Gasteiger partial charge in [0.1, 0.15) is 6.07 Å². The first-order chi connectivity index (χ1) is 3.27. The van der Waals surface area contributed by atoms with Gasteiger partial charge < -0.3 is 5.11 Å². The smallest absolute Gasteiger partial charge is 0.329 e. The first-order valence-electron chi connectivity index (χ1n) is 1.48. The van der Waals surface area contributed by atoms with Crippen molar-refractivity contribution in [1.82, 2.24) is 0 Å². The maximum atomic E-state index is 9.49. The minimum atomic E-state index is -1.15. The maximum absolute atomic E-state index is 9.49. The zero-order valence-corrected chi connectivity index (χ0v) is 3.38. The summed E-state index contributed by atoms with van der Waals surface area (Å²) < 4.78 is 0. The molecule has 1 N–H and O–H groups in total. The molecule has 0 aromatic heterocycles. The lowest BCUT2D eigenvalue weighted by atomic mass is 10.5. The quantitative estimate of drug-likeness (QED) is 0.368. The third-order valence-corrected chi connectivity index (χ3v) is 0.260. The molecule has 0 aliphatic heterocycles. The van der Waals surface area contributed by atoms with Gasteiger partial charge in [-0.1, -0.05) is 0 Å². The monoisotopic (exact) mass is 96.0 g/mol. The third-order valence-electron chi connectivity index (χ3n) is 0.260. The number of carboxylic acids is 1. The van der Waals surface area contributed by atoms with E-state index in [1.165, 1.54) is 6.07 Å². The van der Waals surface area contributed by atoms with Crippen molar-refractivity contribution >= 4 is 5.97 Å². The summed E-state index contributed by atoms with van der Waals surface area (Å²) >= 11 is 0. The molecule has 0 fully saturated rings. The van der Waals surface area contributed by atoms with Crippen LogP contribution >= 0.6 is 0 Å². The van der Waals surface area contributed by atoms with Crippen LogP contribution in [0, 0.1) is 17.4 Å². The summed E-state index contributed by atoms with van der Waals surface area (Å²) in [6.45, 7) is 0. The molecule has 0 heterocycles. The molecular weight excluding hydrogens is 94.0 g/mol. The van der Waals surface area contributed by atoms with Gasteiger partial charge in [0.25, 0.3) is 0 Å². The largest absolute Gasteiger partial charge is 0.478 e. The Morgan fingerprint density at radius 2 is 2.43 bits per heavy atom. The summed E-state index contributed by atoms with van der Waals surface area (Å²) in [7, 11) is 0. The number of aliphatic carboxylic acids is 1. The molecule has 3 nitrogen and oxygen atoms in total. The Kier molecular flexibility index (Phi) is 2.37. The average Bonchev–Trinajstić information content (AvgIpc) is 1.61. The van der Waals surface area contributed by atoms with Crippen LogP contribution in [0.3, 0.4) is 0 Å². The standard InChI is InChI=1S/C4H2NO2/c5-3-1-2-4(6)7/h2H,(H,6,7). The van der Waals surface area contributed by atoms with Crippen LogP contribution in [-0.2, 0) is 4.79 Å². The zero-order chi connectivity index (χ0) is 5.70. The van der Waals surface area contributed by atoms with E-state index in [-0.39, 0.29) is 0 Å². The van der Waals surface area contributed by atoms with Crippen LogP contribution < -0.4 is 0 Å². The molecule has 35 valence electrons. The fraction of sp³-hybridized carbons (Fsp3) is 0. The van der Waals surface area contributed by atoms with E-state index in [0.717, 1.165) is 0 Å². The SMILES string of the molecule is N#C/[C]=C\C(=O)O. The van der Waals surface area contributed by atoms with Crippen LogP contribution in [0.1, 0.15) is 0 Å². The molecule has 0 saturated heterocycles. The molecule has 0 spiro atoms. The van der Waals surface area contributed by atoms with Crippen LogP contribution in [0.4, 0.5) is 0 Å². The summed E-state index contributed by atoms with van der Waals surface area (Å²) in [6, 6.07) is 1.41. The molecule has 3 heteroatoms. The minimum Gasteiger partial charge on any atom is -0.478 e. The van der Waals surface area contributed by atoms with Gasteiger partial charge in [0.2, 0.25) is 0 Å². The highest BCUT2D eigenvalue weighted by molar-refractivity contribution is 5.79. The summed E-state index contributed by atoms with van der Waals surface area (Å²) in [5.41, 5.74) is 0. The van der Waals surface area contributed by atoms with Crippen LogP contribution in [0.25, 0.3) is 0 Å². The number of hydrogen-bond acceptors (Lipinski definition) is 2. The number of allylic oxidation sites excluding steroid dienone is 1. The number of rotatable bonds is 1. The highest BCUT2D eigenvalue weighted by Gasteiger charge is 1.80. The second kappa shape index (κ2) is 2.91. The molecule has 0 saturated carbocycles. The number of carboxylic acid groups (broad SMARTS) is 1. The Bertz CT molecular complexity index is 131. The lowest BCUT2D eigenvalue weighted by Gasteiger charge is -1.66. The molecule has 0 aliphatic carbocycles. The van der Waals surface area contributed by atoms with E-state index in [2.05, 4.69) is 0 Å². The Labute approximate surface area is 40.5 Å². The van der Waals surface area contributed by atoms with E-state index in [0.29, 0.717) is 6.08 Å². The van der Waals surface area contributed by atoms with Gasteiger partial charge in [-0.15, -0.1) is 0 Å². The van der Waals surface area contributed by atoms with Crippen molar-refractivity contribution in [3.05, 3.63) is 12.2 Å². The lowest BCUT2D eigenvalue weighted by Crippen LogP contribution is -1.84. The third kappa shape index (κ3) is 4.70. The van der Waals surface area contributed by atoms with Gasteiger partial charge in [0, 0.05) is 6.08 Å². The average molecular weight is 96.1 g/mol. The summed E-state index contributed by atoms with van der Waals surface area (Å²) in [5.74, 6) is -1.15. The van der Waals surface area contributed by atoms with Crippen molar-refractivity contribution in [1.29, 1.82) is 5.26 Å².